The van der Waals surface area contributed by atoms with Gasteiger partial charge < -0.3 is 14.8 Å². The summed E-state index contributed by atoms with van der Waals surface area (Å²) in [5, 5.41) is 0.961. The molecule has 1 unspecified atom stereocenters. The van der Waals surface area contributed by atoms with Crippen LogP contribution in [0.15, 0.2) is 18.6 Å². The first-order chi connectivity index (χ1) is 14.4. The molecule has 1 spiro atoms. The SMILES string of the molecule is CN(CC1CCN(C=O)C1)S(=O)(=O)N1CCN(c2ncnc3[nH]ccc23)CC12CC2. The summed E-state index contributed by atoms with van der Waals surface area (Å²) >= 11 is 0. The van der Waals surface area contributed by atoms with Crippen molar-refractivity contribution in [3.05, 3.63) is 18.6 Å². The number of nitrogens with one attached hydrogen (secondary N) is 1. The van der Waals surface area contributed by atoms with Gasteiger partial charge in [-0.2, -0.15) is 17.0 Å². The van der Waals surface area contributed by atoms with E-state index in [0.717, 1.165) is 42.5 Å². The smallest absolute Gasteiger partial charge is 0.282 e. The highest BCUT2D eigenvalue weighted by atomic mass is 32.2. The molecule has 2 aliphatic heterocycles. The molecule has 1 amide bonds. The highest BCUT2D eigenvalue weighted by Crippen LogP contribution is 2.47. The minimum atomic E-state index is -3.56. The molecule has 5 rings (SSSR count). The van der Waals surface area contributed by atoms with Crippen LogP contribution in [-0.4, -0.2) is 95.1 Å². The van der Waals surface area contributed by atoms with Crippen LogP contribution in [0.1, 0.15) is 19.3 Å². The van der Waals surface area contributed by atoms with Crippen molar-refractivity contribution in [2.24, 2.45) is 5.92 Å². The van der Waals surface area contributed by atoms with Gasteiger partial charge in [-0.3, -0.25) is 4.79 Å². The first-order valence-electron chi connectivity index (χ1n) is 10.4. The maximum Gasteiger partial charge on any atom is 0.282 e. The van der Waals surface area contributed by atoms with Crippen molar-refractivity contribution in [2.45, 2.75) is 24.8 Å². The average molecular weight is 434 g/mol. The van der Waals surface area contributed by atoms with E-state index < -0.39 is 10.2 Å². The van der Waals surface area contributed by atoms with Crippen molar-refractivity contribution >= 4 is 33.5 Å². The molecule has 1 atom stereocenters. The lowest BCUT2D eigenvalue weighted by Crippen LogP contribution is -2.60. The zero-order valence-corrected chi connectivity index (χ0v) is 17.9. The molecule has 1 N–H and O–H groups in total. The zero-order chi connectivity index (χ0) is 20.9. The van der Waals surface area contributed by atoms with Gasteiger partial charge in [-0.05, 0) is 31.2 Å². The predicted molar refractivity (Wildman–Crippen MR) is 112 cm³/mol. The van der Waals surface area contributed by atoms with Crippen molar-refractivity contribution < 1.29 is 13.2 Å². The molecule has 3 fully saturated rings. The number of hydrogen-bond donors (Lipinski definition) is 1. The van der Waals surface area contributed by atoms with Gasteiger partial charge in [0.15, 0.2) is 0 Å². The van der Waals surface area contributed by atoms with Crippen LogP contribution < -0.4 is 4.90 Å². The van der Waals surface area contributed by atoms with Gasteiger partial charge in [0.05, 0.1) is 10.9 Å². The lowest BCUT2D eigenvalue weighted by molar-refractivity contribution is -0.117. The second-order valence-corrected chi connectivity index (χ2v) is 10.7. The van der Waals surface area contributed by atoms with Crippen LogP contribution in [0.4, 0.5) is 5.82 Å². The third-order valence-corrected chi connectivity index (χ3v) is 8.76. The summed E-state index contributed by atoms with van der Waals surface area (Å²) in [6.45, 7) is 3.45. The third kappa shape index (κ3) is 3.25. The van der Waals surface area contributed by atoms with Crippen LogP contribution in [0.25, 0.3) is 11.0 Å². The van der Waals surface area contributed by atoms with Crippen LogP contribution in [0.5, 0.6) is 0 Å². The van der Waals surface area contributed by atoms with Crippen LogP contribution in [-0.2, 0) is 15.0 Å². The van der Waals surface area contributed by atoms with Gasteiger partial charge >= 0.3 is 0 Å². The highest BCUT2D eigenvalue weighted by Gasteiger charge is 2.56. The standard InChI is InChI=1S/C19H27N7O3S/c1-23(10-15-3-7-24(11-15)14-27)30(28,29)26-9-8-25(12-19(26)4-5-19)18-16-2-6-20-17(16)21-13-22-18/h2,6,13-15H,3-5,7-12H2,1H3,(H,20,21,22). The van der Waals surface area contributed by atoms with E-state index in [1.54, 1.807) is 22.6 Å². The Balaban J connectivity index is 1.32. The number of rotatable bonds is 6. The van der Waals surface area contributed by atoms with Gasteiger partial charge in [0.25, 0.3) is 10.2 Å². The number of anilines is 1. The van der Waals surface area contributed by atoms with E-state index >= 15 is 0 Å². The van der Waals surface area contributed by atoms with Crippen LogP contribution in [0, 0.1) is 5.92 Å². The molecule has 11 heteroatoms. The van der Waals surface area contributed by atoms with E-state index in [1.807, 2.05) is 12.3 Å². The van der Waals surface area contributed by atoms with E-state index in [1.165, 1.54) is 4.31 Å². The number of carbonyl (C=O) groups is 1. The van der Waals surface area contributed by atoms with E-state index in [0.29, 0.717) is 39.3 Å². The number of amides is 1. The molecule has 0 aromatic carbocycles. The average Bonchev–Trinajstić information content (AvgIpc) is 3.15. The molecule has 162 valence electrons. The number of carbonyl (C=O) groups excluding carboxylic acids is 1. The molecular formula is C19H27N7O3S. The van der Waals surface area contributed by atoms with Crippen LogP contribution in [0.2, 0.25) is 0 Å². The Morgan fingerprint density at radius 1 is 1.30 bits per heavy atom. The predicted octanol–water partition coefficient (Wildman–Crippen LogP) is 0.267. The topological polar surface area (TPSA) is 106 Å². The van der Waals surface area contributed by atoms with Crippen molar-refractivity contribution in [1.29, 1.82) is 0 Å². The Bertz CT molecular complexity index is 1050. The molecule has 1 saturated carbocycles. The summed E-state index contributed by atoms with van der Waals surface area (Å²) in [4.78, 5) is 26.7. The summed E-state index contributed by atoms with van der Waals surface area (Å²) < 4.78 is 30.0. The lowest BCUT2D eigenvalue weighted by Gasteiger charge is -2.43. The molecule has 0 radical (unpaired) electrons. The van der Waals surface area contributed by atoms with Gasteiger partial charge in [-0.1, -0.05) is 0 Å². The molecule has 2 aromatic rings. The third-order valence-electron chi connectivity index (χ3n) is 6.70. The minimum Gasteiger partial charge on any atom is -0.353 e. The number of aromatic amines is 1. The van der Waals surface area contributed by atoms with Gasteiger partial charge in [-0.25, -0.2) is 9.97 Å². The Morgan fingerprint density at radius 2 is 2.13 bits per heavy atom. The second-order valence-electron chi connectivity index (χ2n) is 8.70. The van der Waals surface area contributed by atoms with E-state index in [4.69, 9.17) is 0 Å². The van der Waals surface area contributed by atoms with E-state index in [2.05, 4.69) is 19.9 Å². The zero-order valence-electron chi connectivity index (χ0n) is 17.1. The summed E-state index contributed by atoms with van der Waals surface area (Å²) in [5.41, 5.74) is 0.434. The van der Waals surface area contributed by atoms with Crippen molar-refractivity contribution in [3.8, 4) is 0 Å². The molecule has 1 aliphatic carbocycles. The molecule has 30 heavy (non-hydrogen) atoms. The second kappa shape index (κ2) is 7.17. The molecule has 10 nitrogen and oxygen atoms in total. The first-order valence-corrected chi connectivity index (χ1v) is 11.8. The number of piperazine rings is 1. The summed E-state index contributed by atoms with van der Waals surface area (Å²) in [6.07, 6.45) is 6.81. The monoisotopic (exact) mass is 433 g/mol. The van der Waals surface area contributed by atoms with Crippen molar-refractivity contribution in [3.63, 3.8) is 0 Å². The first kappa shape index (κ1) is 19.7. The molecular weight excluding hydrogens is 406 g/mol. The summed E-state index contributed by atoms with van der Waals surface area (Å²) in [5.74, 6) is 1.05. The van der Waals surface area contributed by atoms with Gasteiger partial charge in [0.1, 0.15) is 17.8 Å². The van der Waals surface area contributed by atoms with Crippen molar-refractivity contribution in [1.82, 2.24) is 28.5 Å². The number of nitrogens with zero attached hydrogens (tertiary/aromatic N) is 6. The molecule has 2 aromatic heterocycles. The van der Waals surface area contributed by atoms with Gasteiger partial charge in [-0.15, -0.1) is 0 Å². The maximum absolute atomic E-state index is 13.4. The Labute approximate surface area is 176 Å². The highest BCUT2D eigenvalue weighted by molar-refractivity contribution is 7.86. The summed E-state index contributed by atoms with van der Waals surface area (Å²) in [7, 11) is -1.90. The number of hydrogen-bond acceptors (Lipinski definition) is 6. The molecule has 4 heterocycles. The van der Waals surface area contributed by atoms with Gasteiger partial charge in [0, 0.05) is 52.5 Å². The molecule has 3 aliphatic rings. The van der Waals surface area contributed by atoms with Crippen LogP contribution >= 0.6 is 0 Å². The number of fused-ring (bicyclic) bond motifs is 1. The van der Waals surface area contributed by atoms with E-state index in [-0.39, 0.29) is 11.5 Å². The van der Waals surface area contributed by atoms with Crippen LogP contribution in [0.3, 0.4) is 0 Å². The number of aromatic nitrogens is 3. The van der Waals surface area contributed by atoms with E-state index in [9.17, 15) is 13.2 Å². The summed E-state index contributed by atoms with van der Waals surface area (Å²) in [6, 6.07) is 1.96. The number of likely N-dealkylation sites (tertiary alicyclic amines) is 1. The lowest BCUT2D eigenvalue weighted by atomic mass is 10.1. The Morgan fingerprint density at radius 3 is 2.87 bits per heavy atom. The quantitative estimate of drug-likeness (QED) is 0.656. The Hall–Kier alpha value is -2.24. The molecule has 0 bridgehead atoms. The van der Waals surface area contributed by atoms with Gasteiger partial charge in [0.2, 0.25) is 6.41 Å². The molecule has 2 saturated heterocycles. The fourth-order valence-electron chi connectivity index (χ4n) is 4.90. The fourth-order valence-corrected chi connectivity index (χ4v) is 6.68. The largest absolute Gasteiger partial charge is 0.353 e. The fraction of sp³-hybridized carbons (Fsp3) is 0.632. The maximum atomic E-state index is 13.4. The minimum absolute atomic E-state index is 0.189. The normalized spacial score (nSPS) is 24.3. The van der Waals surface area contributed by atoms with Crippen molar-refractivity contribution in [2.75, 3.05) is 51.2 Å². The number of H-pyrrole nitrogens is 1. The Kier molecular flexibility index (Phi) is 4.71.